The van der Waals surface area contributed by atoms with Gasteiger partial charge in [-0.15, -0.1) is 21.5 Å². The third kappa shape index (κ3) is 2.04. The van der Waals surface area contributed by atoms with Crippen LogP contribution in [0.15, 0.2) is 14.9 Å². The summed E-state index contributed by atoms with van der Waals surface area (Å²) in [5.41, 5.74) is 1.02. The molecule has 0 unspecified atom stereocenters. The highest BCUT2D eigenvalue weighted by Gasteiger charge is 2.05. The molecule has 0 aliphatic rings. The molecule has 0 radical (unpaired) electrons. The van der Waals surface area contributed by atoms with E-state index >= 15 is 0 Å². The molecule has 2 heterocycles. The van der Waals surface area contributed by atoms with Crippen molar-refractivity contribution in [2.45, 2.75) is 16.4 Å². The minimum atomic E-state index is 0.636. The quantitative estimate of drug-likeness (QED) is 0.748. The first kappa shape index (κ1) is 8.64. The molecule has 0 amide bonds. The second kappa shape index (κ2) is 3.43. The average molecular weight is 213 g/mol. The van der Waals surface area contributed by atoms with Crippen LogP contribution < -0.4 is 0 Å². The molecule has 2 rings (SSSR count). The van der Waals surface area contributed by atoms with Gasteiger partial charge in [-0.25, -0.2) is 4.98 Å². The van der Waals surface area contributed by atoms with Crippen LogP contribution in [0.25, 0.3) is 0 Å². The van der Waals surface area contributed by atoms with Crippen LogP contribution in [0.1, 0.15) is 5.69 Å². The molecule has 0 saturated heterocycles. The Morgan fingerprint density at radius 2 is 2.38 bits per heavy atom. The van der Waals surface area contributed by atoms with Crippen molar-refractivity contribution in [1.29, 1.82) is 0 Å². The van der Waals surface area contributed by atoms with Crippen LogP contribution in [0, 0.1) is 6.92 Å². The van der Waals surface area contributed by atoms with Crippen LogP contribution in [0.3, 0.4) is 0 Å². The molecule has 5 nitrogen and oxygen atoms in total. The van der Waals surface area contributed by atoms with Gasteiger partial charge in [-0.2, -0.15) is 4.80 Å². The molecule has 2 aromatic heterocycles. The molecule has 68 valence electrons. The average Bonchev–Trinajstić information content (AvgIpc) is 2.62. The molecule has 7 heteroatoms. The van der Waals surface area contributed by atoms with Crippen LogP contribution >= 0.6 is 23.1 Å². The first-order valence-electron chi connectivity index (χ1n) is 3.58. The van der Waals surface area contributed by atoms with Crippen molar-refractivity contribution in [3.8, 4) is 0 Å². The Kier molecular flexibility index (Phi) is 2.28. The lowest BCUT2D eigenvalue weighted by molar-refractivity contribution is 0.626. The predicted molar refractivity (Wildman–Crippen MR) is 49.8 cm³/mol. The van der Waals surface area contributed by atoms with Crippen LogP contribution in [0.5, 0.6) is 0 Å². The third-order valence-corrected chi connectivity index (χ3v) is 3.17. The second-order valence-corrected chi connectivity index (χ2v) is 4.49. The fraction of sp³-hybridized carbons (Fsp3) is 0.333. The first-order valence-corrected chi connectivity index (χ1v) is 5.27. The summed E-state index contributed by atoms with van der Waals surface area (Å²) < 4.78 is 0.950. The van der Waals surface area contributed by atoms with Crippen LogP contribution in [0.4, 0.5) is 0 Å². The summed E-state index contributed by atoms with van der Waals surface area (Å²) in [6, 6.07) is 0. The summed E-state index contributed by atoms with van der Waals surface area (Å²) in [5.74, 6) is 0. The molecule has 13 heavy (non-hydrogen) atoms. The van der Waals surface area contributed by atoms with E-state index in [2.05, 4.69) is 20.4 Å². The number of aromatic nitrogens is 5. The number of hydrogen-bond donors (Lipinski definition) is 0. The maximum Gasteiger partial charge on any atom is 0.238 e. The number of nitrogens with zero attached hydrogens (tertiary/aromatic N) is 5. The smallest absolute Gasteiger partial charge is 0.235 e. The van der Waals surface area contributed by atoms with E-state index in [9.17, 15) is 0 Å². The summed E-state index contributed by atoms with van der Waals surface area (Å²) in [7, 11) is 1.74. The Morgan fingerprint density at radius 1 is 1.54 bits per heavy atom. The van der Waals surface area contributed by atoms with Crippen molar-refractivity contribution >= 4 is 23.1 Å². The van der Waals surface area contributed by atoms with Gasteiger partial charge in [-0.05, 0) is 23.9 Å². The highest BCUT2D eigenvalue weighted by Crippen LogP contribution is 2.26. The monoisotopic (exact) mass is 213 g/mol. The second-order valence-electron chi connectivity index (χ2n) is 2.42. The maximum atomic E-state index is 4.28. The Morgan fingerprint density at radius 3 is 2.92 bits per heavy atom. The fourth-order valence-corrected chi connectivity index (χ4v) is 2.43. The van der Waals surface area contributed by atoms with Crippen molar-refractivity contribution in [1.82, 2.24) is 25.2 Å². The van der Waals surface area contributed by atoms with Gasteiger partial charge < -0.3 is 0 Å². The Hall–Kier alpha value is -0.950. The topological polar surface area (TPSA) is 56.5 Å². The number of thiazole rings is 1. The largest absolute Gasteiger partial charge is 0.238 e. The SMILES string of the molecule is Cc1csc(Sc2nnn(C)n2)n1. The van der Waals surface area contributed by atoms with E-state index in [1.807, 2.05) is 12.3 Å². The molecule has 0 atom stereocenters. The predicted octanol–water partition coefficient (Wildman–Crippen LogP) is 1.13. The lowest BCUT2D eigenvalue weighted by Gasteiger charge is -1.85. The van der Waals surface area contributed by atoms with E-state index in [1.54, 1.807) is 18.4 Å². The molecule has 0 bridgehead atoms. The third-order valence-electron chi connectivity index (χ3n) is 1.27. The standard InChI is InChI=1S/C6H7N5S2/c1-4-3-12-6(7-4)13-5-8-10-11(2)9-5/h3H,1-2H3. The van der Waals surface area contributed by atoms with Gasteiger partial charge in [0, 0.05) is 11.1 Å². The molecular weight excluding hydrogens is 206 g/mol. The molecule has 0 fully saturated rings. The van der Waals surface area contributed by atoms with Gasteiger partial charge in [0.05, 0.1) is 7.05 Å². The van der Waals surface area contributed by atoms with Gasteiger partial charge in [0.25, 0.3) is 0 Å². The summed E-state index contributed by atoms with van der Waals surface area (Å²) in [6.07, 6.45) is 0. The van der Waals surface area contributed by atoms with E-state index in [-0.39, 0.29) is 0 Å². The number of hydrogen-bond acceptors (Lipinski definition) is 6. The van der Waals surface area contributed by atoms with Crippen LogP contribution in [-0.4, -0.2) is 25.2 Å². The molecule has 0 aliphatic carbocycles. The zero-order chi connectivity index (χ0) is 9.26. The highest BCUT2D eigenvalue weighted by atomic mass is 32.2. The summed E-state index contributed by atoms with van der Waals surface area (Å²) in [6.45, 7) is 1.96. The Balaban J connectivity index is 2.14. The molecule has 2 aromatic rings. The minimum absolute atomic E-state index is 0.636. The number of rotatable bonds is 2. The summed E-state index contributed by atoms with van der Waals surface area (Å²) in [5, 5.41) is 14.3. The first-order chi connectivity index (χ1) is 6.24. The van der Waals surface area contributed by atoms with Gasteiger partial charge in [0.2, 0.25) is 5.16 Å². The Bertz CT molecular complexity index is 368. The molecule has 0 aliphatic heterocycles. The Labute approximate surface area is 83.2 Å². The maximum absolute atomic E-state index is 4.28. The summed E-state index contributed by atoms with van der Waals surface area (Å²) in [4.78, 5) is 5.71. The number of aryl methyl sites for hydroxylation is 2. The lowest BCUT2D eigenvalue weighted by atomic mass is 10.6. The van der Waals surface area contributed by atoms with Crippen molar-refractivity contribution in [3.05, 3.63) is 11.1 Å². The zero-order valence-electron chi connectivity index (χ0n) is 7.13. The molecule has 0 spiro atoms. The van der Waals surface area contributed by atoms with E-state index in [0.29, 0.717) is 5.16 Å². The van der Waals surface area contributed by atoms with Crippen molar-refractivity contribution < 1.29 is 0 Å². The van der Waals surface area contributed by atoms with Crippen LogP contribution in [0.2, 0.25) is 0 Å². The zero-order valence-corrected chi connectivity index (χ0v) is 8.76. The fourth-order valence-electron chi connectivity index (χ4n) is 0.765. The van der Waals surface area contributed by atoms with E-state index in [0.717, 1.165) is 10.0 Å². The molecule has 0 saturated carbocycles. The minimum Gasteiger partial charge on any atom is -0.235 e. The lowest BCUT2D eigenvalue weighted by Crippen LogP contribution is -1.91. The number of tetrazole rings is 1. The molecule has 0 aromatic carbocycles. The van der Waals surface area contributed by atoms with Gasteiger partial charge >= 0.3 is 0 Å². The van der Waals surface area contributed by atoms with Gasteiger partial charge in [0.15, 0.2) is 4.34 Å². The van der Waals surface area contributed by atoms with E-state index in [1.165, 1.54) is 16.6 Å². The van der Waals surface area contributed by atoms with Crippen LogP contribution in [-0.2, 0) is 7.05 Å². The van der Waals surface area contributed by atoms with Gasteiger partial charge in [-0.3, -0.25) is 0 Å². The molecule has 0 N–H and O–H groups in total. The van der Waals surface area contributed by atoms with E-state index in [4.69, 9.17) is 0 Å². The van der Waals surface area contributed by atoms with Gasteiger partial charge in [-0.1, -0.05) is 0 Å². The van der Waals surface area contributed by atoms with E-state index < -0.39 is 0 Å². The normalized spacial score (nSPS) is 10.6. The summed E-state index contributed by atoms with van der Waals surface area (Å²) >= 11 is 3.02. The van der Waals surface area contributed by atoms with Crippen molar-refractivity contribution in [2.24, 2.45) is 7.05 Å². The van der Waals surface area contributed by atoms with Gasteiger partial charge in [0.1, 0.15) is 0 Å². The highest BCUT2D eigenvalue weighted by molar-refractivity contribution is 8.00. The molecular formula is C6H7N5S2. The van der Waals surface area contributed by atoms with Crippen molar-refractivity contribution in [3.63, 3.8) is 0 Å². The van der Waals surface area contributed by atoms with Crippen molar-refractivity contribution in [2.75, 3.05) is 0 Å².